The van der Waals surface area contributed by atoms with Crippen LogP contribution in [0.1, 0.15) is 55.2 Å². The fourth-order valence-electron chi connectivity index (χ4n) is 3.93. The van der Waals surface area contributed by atoms with Crippen molar-refractivity contribution in [2.24, 2.45) is 13.0 Å². The van der Waals surface area contributed by atoms with E-state index in [-0.39, 0.29) is 0 Å². The number of aromatic nitrogens is 4. The number of rotatable bonds is 6. The molecule has 0 amide bonds. The zero-order valence-electron chi connectivity index (χ0n) is 16.5. The zero-order valence-corrected chi connectivity index (χ0v) is 16.5. The molecule has 0 aromatic carbocycles. The highest BCUT2D eigenvalue weighted by molar-refractivity contribution is 5.49. The van der Waals surface area contributed by atoms with Crippen molar-refractivity contribution in [3.05, 3.63) is 28.7 Å². The molecule has 1 aliphatic rings. The Balaban J connectivity index is 1.81. The molecule has 1 atom stereocenters. The second-order valence-corrected chi connectivity index (χ2v) is 7.85. The first-order valence-electron chi connectivity index (χ1n) is 9.36. The summed E-state index contributed by atoms with van der Waals surface area (Å²) in [5.41, 5.74) is 5.18. The van der Waals surface area contributed by atoms with Gasteiger partial charge in [-0.15, -0.1) is 0 Å². The van der Waals surface area contributed by atoms with Gasteiger partial charge in [-0.1, -0.05) is 13.8 Å². The van der Waals surface area contributed by atoms with E-state index in [9.17, 15) is 0 Å². The Morgan fingerprint density at radius 1 is 1.36 bits per heavy atom. The molecule has 6 nitrogen and oxygen atoms in total. The van der Waals surface area contributed by atoms with Gasteiger partial charge in [0.1, 0.15) is 5.82 Å². The maximum absolute atomic E-state index is 4.80. The maximum atomic E-state index is 4.80. The SMILES string of the molecule is Cc1nn(CC(C)C)c(N(C)C)c1CNC1CCCc2c1cnn2C. The summed E-state index contributed by atoms with van der Waals surface area (Å²) in [6.45, 7) is 8.39. The highest BCUT2D eigenvalue weighted by Crippen LogP contribution is 2.30. The Morgan fingerprint density at radius 2 is 2.12 bits per heavy atom. The molecular formula is C19H32N6. The Bertz CT molecular complexity index is 725. The van der Waals surface area contributed by atoms with E-state index in [0.717, 1.165) is 25.2 Å². The largest absolute Gasteiger partial charge is 0.363 e. The topological polar surface area (TPSA) is 50.9 Å². The van der Waals surface area contributed by atoms with Gasteiger partial charge in [0.2, 0.25) is 0 Å². The van der Waals surface area contributed by atoms with E-state index in [2.05, 4.69) is 54.9 Å². The third-order valence-electron chi connectivity index (χ3n) is 5.08. The molecule has 2 aromatic rings. The minimum Gasteiger partial charge on any atom is -0.363 e. The lowest BCUT2D eigenvalue weighted by Crippen LogP contribution is -2.26. The molecule has 0 saturated carbocycles. The molecule has 2 aromatic heterocycles. The van der Waals surface area contributed by atoms with Crippen LogP contribution in [-0.4, -0.2) is 33.7 Å². The van der Waals surface area contributed by atoms with Crippen LogP contribution in [0.2, 0.25) is 0 Å². The number of aryl methyl sites for hydroxylation is 2. The minimum atomic E-state index is 0.389. The molecule has 3 rings (SSSR count). The number of nitrogens with one attached hydrogen (secondary N) is 1. The second-order valence-electron chi connectivity index (χ2n) is 7.85. The number of hydrogen-bond acceptors (Lipinski definition) is 4. The van der Waals surface area contributed by atoms with Crippen molar-refractivity contribution in [2.45, 2.75) is 59.2 Å². The fourth-order valence-corrected chi connectivity index (χ4v) is 3.93. The third kappa shape index (κ3) is 3.59. The van der Waals surface area contributed by atoms with Crippen LogP contribution < -0.4 is 10.2 Å². The zero-order chi connectivity index (χ0) is 18.1. The summed E-state index contributed by atoms with van der Waals surface area (Å²) in [7, 11) is 6.26. The van der Waals surface area contributed by atoms with E-state index in [4.69, 9.17) is 5.10 Å². The highest BCUT2D eigenvalue weighted by Gasteiger charge is 2.24. The van der Waals surface area contributed by atoms with E-state index >= 15 is 0 Å². The molecule has 0 fully saturated rings. The minimum absolute atomic E-state index is 0.389. The van der Waals surface area contributed by atoms with Gasteiger partial charge in [-0.05, 0) is 32.1 Å². The van der Waals surface area contributed by atoms with E-state index in [1.165, 1.54) is 35.5 Å². The first-order valence-corrected chi connectivity index (χ1v) is 9.36. The van der Waals surface area contributed by atoms with Crippen LogP contribution in [0.4, 0.5) is 5.82 Å². The van der Waals surface area contributed by atoms with Gasteiger partial charge in [0, 0.05) is 57.1 Å². The van der Waals surface area contributed by atoms with Crippen molar-refractivity contribution in [2.75, 3.05) is 19.0 Å². The quantitative estimate of drug-likeness (QED) is 0.875. The Kier molecular flexibility index (Phi) is 5.18. The maximum Gasteiger partial charge on any atom is 0.131 e. The Morgan fingerprint density at radius 3 is 2.80 bits per heavy atom. The highest BCUT2D eigenvalue weighted by atomic mass is 15.4. The summed E-state index contributed by atoms with van der Waals surface area (Å²) in [5.74, 6) is 1.80. The molecular weight excluding hydrogens is 312 g/mol. The van der Waals surface area contributed by atoms with Gasteiger partial charge < -0.3 is 10.2 Å². The van der Waals surface area contributed by atoms with Crippen LogP contribution in [0.5, 0.6) is 0 Å². The van der Waals surface area contributed by atoms with Gasteiger partial charge in [0.25, 0.3) is 0 Å². The Hall–Kier alpha value is -1.82. The average molecular weight is 345 g/mol. The van der Waals surface area contributed by atoms with E-state index in [1.54, 1.807) is 0 Å². The van der Waals surface area contributed by atoms with Gasteiger partial charge in [-0.2, -0.15) is 10.2 Å². The molecule has 1 unspecified atom stereocenters. The first kappa shape index (κ1) is 18.0. The second kappa shape index (κ2) is 7.20. The summed E-state index contributed by atoms with van der Waals surface area (Å²) in [4.78, 5) is 2.19. The number of anilines is 1. The molecule has 0 spiro atoms. The summed E-state index contributed by atoms with van der Waals surface area (Å²) >= 11 is 0. The molecule has 25 heavy (non-hydrogen) atoms. The monoisotopic (exact) mass is 344 g/mol. The smallest absolute Gasteiger partial charge is 0.131 e. The van der Waals surface area contributed by atoms with Crippen LogP contribution in [0.3, 0.4) is 0 Å². The lowest BCUT2D eigenvalue weighted by molar-refractivity contribution is 0.451. The van der Waals surface area contributed by atoms with E-state index in [0.29, 0.717) is 12.0 Å². The molecule has 138 valence electrons. The molecule has 0 bridgehead atoms. The van der Waals surface area contributed by atoms with Gasteiger partial charge >= 0.3 is 0 Å². The molecule has 1 N–H and O–H groups in total. The molecule has 6 heteroatoms. The molecule has 0 radical (unpaired) electrons. The van der Waals surface area contributed by atoms with Crippen molar-refractivity contribution >= 4 is 5.82 Å². The van der Waals surface area contributed by atoms with Crippen LogP contribution in [0.15, 0.2) is 6.20 Å². The van der Waals surface area contributed by atoms with Crippen LogP contribution in [-0.2, 0) is 26.6 Å². The van der Waals surface area contributed by atoms with E-state index in [1.807, 2.05) is 17.9 Å². The Labute approximate surface area is 151 Å². The molecule has 0 aliphatic heterocycles. The van der Waals surface area contributed by atoms with Crippen LogP contribution >= 0.6 is 0 Å². The summed E-state index contributed by atoms with van der Waals surface area (Å²) in [5, 5.41) is 13.0. The predicted molar refractivity (Wildman–Crippen MR) is 102 cm³/mol. The summed E-state index contributed by atoms with van der Waals surface area (Å²) < 4.78 is 4.19. The number of fused-ring (bicyclic) bond motifs is 1. The van der Waals surface area contributed by atoms with Crippen molar-refractivity contribution in [3.63, 3.8) is 0 Å². The lowest BCUT2D eigenvalue weighted by atomic mass is 9.93. The molecule has 2 heterocycles. The van der Waals surface area contributed by atoms with Crippen molar-refractivity contribution in [1.29, 1.82) is 0 Å². The van der Waals surface area contributed by atoms with Crippen molar-refractivity contribution in [1.82, 2.24) is 24.9 Å². The molecule has 1 aliphatic carbocycles. The average Bonchev–Trinajstić information content (AvgIpc) is 3.06. The lowest BCUT2D eigenvalue weighted by Gasteiger charge is -2.25. The van der Waals surface area contributed by atoms with Gasteiger partial charge in [0.05, 0.1) is 11.9 Å². The number of hydrogen-bond donors (Lipinski definition) is 1. The summed E-state index contributed by atoms with van der Waals surface area (Å²) in [6, 6.07) is 0.389. The van der Waals surface area contributed by atoms with Crippen LogP contribution in [0.25, 0.3) is 0 Å². The van der Waals surface area contributed by atoms with Crippen molar-refractivity contribution in [3.8, 4) is 0 Å². The fraction of sp³-hybridized carbons (Fsp3) is 0.684. The summed E-state index contributed by atoms with van der Waals surface area (Å²) in [6.07, 6.45) is 5.57. The van der Waals surface area contributed by atoms with Gasteiger partial charge in [-0.3, -0.25) is 4.68 Å². The van der Waals surface area contributed by atoms with Crippen molar-refractivity contribution < 1.29 is 0 Å². The molecule has 0 saturated heterocycles. The van der Waals surface area contributed by atoms with E-state index < -0.39 is 0 Å². The number of nitrogens with zero attached hydrogens (tertiary/aromatic N) is 5. The van der Waals surface area contributed by atoms with Gasteiger partial charge in [0.15, 0.2) is 0 Å². The predicted octanol–water partition coefficient (Wildman–Crippen LogP) is 2.81. The normalized spacial score (nSPS) is 17.2. The first-order chi connectivity index (χ1) is 11.9. The third-order valence-corrected chi connectivity index (χ3v) is 5.08. The van der Waals surface area contributed by atoms with Gasteiger partial charge in [-0.25, -0.2) is 4.68 Å². The van der Waals surface area contributed by atoms with Crippen LogP contribution in [0, 0.1) is 12.8 Å². The standard InChI is InChI=1S/C19H32N6/c1-13(2)12-25-19(23(4)5)15(14(3)22-25)10-20-17-8-7-9-18-16(17)11-21-24(18)6/h11,13,17,20H,7-10,12H2,1-6H3.